The molecule has 0 unspecified atom stereocenters. The van der Waals surface area contributed by atoms with Crippen LogP contribution >= 0.6 is 27.5 Å². The molecule has 0 fully saturated rings. The molecule has 1 aromatic carbocycles. The lowest BCUT2D eigenvalue weighted by molar-refractivity contribution is 0.102. The maximum Gasteiger partial charge on any atom is 0.272 e. The molecule has 2 aromatic rings. The third kappa shape index (κ3) is 3.21. The van der Waals surface area contributed by atoms with Gasteiger partial charge in [0.05, 0.1) is 10.2 Å². The average Bonchev–Trinajstić information content (AvgIpc) is 2.32. The monoisotopic (exact) mass is 344 g/mol. The fourth-order valence-corrected chi connectivity index (χ4v) is 1.88. The first-order chi connectivity index (χ1) is 8.97. The van der Waals surface area contributed by atoms with Gasteiger partial charge < -0.3 is 10.3 Å². The minimum absolute atomic E-state index is 0.0301. The molecule has 7 heteroatoms. The van der Waals surface area contributed by atoms with Gasteiger partial charge in [-0.15, -0.1) is 0 Å². The van der Waals surface area contributed by atoms with E-state index in [9.17, 15) is 14.0 Å². The molecule has 2 N–H and O–H groups in total. The van der Waals surface area contributed by atoms with Crippen LogP contribution in [-0.2, 0) is 0 Å². The summed E-state index contributed by atoms with van der Waals surface area (Å²) in [6.45, 7) is 0. The summed E-state index contributed by atoms with van der Waals surface area (Å²) in [5.41, 5.74) is -0.647. The van der Waals surface area contributed by atoms with E-state index in [0.29, 0.717) is 4.60 Å². The van der Waals surface area contributed by atoms with E-state index >= 15 is 0 Å². The van der Waals surface area contributed by atoms with Crippen LogP contribution in [0.4, 0.5) is 10.1 Å². The molecular formula is C12H7BrClFN2O2. The number of amides is 1. The Labute approximate surface area is 120 Å². The second-order valence-electron chi connectivity index (χ2n) is 3.63. The third-order valence-corrected chi connectivity index (χ3v) is 3.00. The van der Waals surface area contributed by atoms with Gasteiger partial charge in [-0.05, 0) is 46.3 Å². The summed E-state index contributed by atoms with van der Waals surface area (Å²) in [5, 5.41) is 2.52. The molecule has 0 aliphatic carbocycles. The Morgan fingerprint density at radius 1 is 1.32 bits per heavy atom. The van der Waals surface area contributed by atoms with Crippen molar-refractivity contribution in [2.24, 2.45) is 0 Å². The van der Waals surface area contributed by atoms with Crippen molar-refractivity contribution in [1.29, 1.82) is 0 Å². The topological polar surface area (TPSA) is 62.0 Å². The zero-order valence-electron chi connectivity index (χ0n) is 9.34. The zero-order valence-corrected chi connectivity index (χ0v) is 11.7. The summed E-state index contributed by atoms with van der Waals surface area (Å²) < 4.78 is 14.0. The van der Waals surface area contributed by atoms with Gasteiger partial charge in [0.1, 0.15) is 11.5 Å². The lowest BCUT2D eigenvalue weighted by atomic mass is 10.2. The maximum atomic E-state index is 13.5. The number of hydrogen-bond acceptors (Lipinski definition) is 2. The Morgan fingerprint density at radius 2 is 2.05 bits per heavy atom. The van der Waals surface area contributed by atoms with Crippen LogP contribution in [0.5, 0.6) is 0 Å². The first-order valence-electron chi connectivity index (χ1n) is 5.12. The van der Waals surface area contributed by atoms with Crippen molar-refractivity contribution < 1.29 is 9.18 Å². The highest BCUT2D eigenvalue weighted by Crippen LogP contribution is 2.16. The van der Waals surface area contributed by atoms with Gasteiger partial charge in [-0.25, -0.2) is 4.39 Å². The highest BCUT2D eigenvalue weighted by Gasteiger charge is 2.13. The van der Waals surface area contributed by atoms with Gasteiger partial charge in [0.15, 0.2) is 0 Å². The number of pyridine rings is 1. The molecular weight excluding hydrogens is 338 g/mol. The van der Waals surface area contributed by atoms with Crippen molar-refractivity contribution >= 4 is 39.1 Å². The Kier molecular flexibility index (Phi) is 4.01. The van der Waals surface area contributed by atoms with E-state index in [1.807, 2.05) is 0 Å². The summed E-state index contributed by atoms with van der Waals surface area (Å²) in [6, 6.07) is 6.64. The predicted octanol–water partition coefficient (Wildman–Crippen LogP) is 3.18. The fourth-order valence-electron chi connectivity index (χ4n) is 1.41. The number of nitrogens with one attached hydrogen (secondary N) is 2. The number of H-pyrrole nitrogens is 1. The van der Waals surface area contributed by atoms with Crippen LogP contribution in [0.25, 0.3) is 0 Å². The van der Waals surface area contributed by atoms with E-state index in [-0.39, 0.29) is 16.3 Å². The number of aromatic nitrogens is 1. The molecule has 0 saturated carbocycles. The zero-order chi connectivity index (χ0) is 14.0. The van der Waals surface area contributed by atoms with E-state index in [1.165, 1.54) is 18.2 Å². The molecule has 0 saturated heterocycles. The van der Waals surface area contributed by atoms with Crippen molar-refractivity contribution in [2.45, 2.75) is 0 Å². The van der Waals surface area contributed by atoms with Crippen molar-refractivity contribution in [1.82, 2.24) is 4.98 Å². The number of aromatic amines is 1. The van der Waals surface area contributed by atoms with E-state index in [4.69, 9.17) is 11.6 Å². The van der Waals surface area contributed by atoms with Gasteiger partial charge in [0.25, 0.3) is 11.5 Å². The van der Waals surface area contributed by atoms with Gasteiger partial charge in [-0.2, -0.15) is 0 Å². The smallest absolute Gasteiger partial charge is 0.272 e. The largest absolute Gasteiger partial charge is 0.317 e. The average molecular weight is 346 g/mol. The first-order valence-corrected chi connectivity index (χ1v) is 6.29. The van der Waals surface area contributed by atoms with Gasteiger partial charge in [0.2, 0.25) is 0 Å². The molecule has 0 aliphatic heterocycles. The Bertz CT molecular complexity index is 702. The minimum Gasteiger partial charge on any atom is -0.317 e. The van der Waals surface area contributed by atoms with Crippen LogP contribution < -0.4 is 10.9 Å². The molecule has 1 heterocycles. The molecule has 2 rings (SSSR count). The fraction of sp³-hybridized carbons (Fsp3) is 0. The van der Waals surface area contributed by atoms with Gasteiger partial charge in [-0.3, -0.25) is 9.59 Å². The summed E-state index contributed by atoms with van der Waals surface area (Å²) >= 11 is 8.68. The van der Waals surface area contributed by atoms with Gasteiger partial charge >= 0.3 is 0 Å². The molecule has 0 aliphatic rings. The molecule has 0 spiro atoms. The summed E-state index contributed by atoms with van der Waals surface area (Å²) in [4.78, 5) is 25.8. The first kappa shape index (κ1) is 13.8. The van der Waals surface area contributed by atoms with Crippen LogP contribution in [0.15, 0.2) is 39.7 Å². The molecule has 0 bridgehead atoms. The molecule has 1 amide bonds. The molecule has 98 valence electrons. The van der Waals surface area contributed by atoms with Crippen LogP contribution in [0.3, 0.4) is 0 Å². The number of halogens is 3. The SMILES string of the molecule is O=C(Nc1ccc(Br)[nH]c1=O)c1ccc(Cl)cc1F. The summed E-state index contributed by atoms with van der Waals surface area (Å²) in [7, 11) is 0. The second-order valence-corrected chi connectivity index (χ2v) is 4.92. The lowest BCUT2D eigenvalue weighted by Crippen LogP contribution is -2.20. The second kappa shape index (κ2) is 5.54. The van der Waals surface area contributed by atoms with Crippen molar-refractivity contribution in [3.05, 3.63) is 61.7 Å². The molecule has 4 nitrogen and oxygen atoms in total. The number of carbonyl (C=O) groups excluding carboxylic acids is 1. The Balaban J connectivity index is 2.28. The van der Waals surface area contributed by atoms with E-state index in [2.05, 4.69) is 26.2 Å². The quantitative estimate of drug-likeness (QED) is 0.821. The number of carbonyl (C=O) groups is 1. The van der Waals surface area contributed by atoms with Crippen LogP contribution in [0.1, 0.15) is 10.4 Å². The Morgan fingerprint density at radius 3 is 2.68 bits per heavy atom. The lowest BCUT2D eigenvalue weighted by Gasteiger charge is -2.05. The van der Waals surface area contributed by atoms with Crippen LogP contribution in [0, 0.1) is 5.82 Å². The van der Waals surface area contributed by atoms with Gasteiger partial charge in [0, 0.05) is 5.02 Å². The maximum absolute atomic E-state index is 13.5. The highest BCUT2D eigenvalue weighted by atomic mass is 79.9. The molecule has 19 heavy (non-hydrogen) atoms. The van der Waals surface area contributed by atoms with Crippen molar-refractivity contribution in [2.75, 3.05) is 5.32 Å². The normalized spacial score (nSPS) is 10.3. The molecule has 1 aromatic heterocycles. The van der Waals surface area contributed by atoms with E-state index in [0.717, 1.165) is 6.07 Å². The van der Waals surface area contributed by atoms with Crippen LogP contribution in [0.2, 0.25) is 5.02 Å². The minimum atomic E-state index is -0.751. The number of rotatable bonds is 2. The number of benzene rings is 1. The Hall–Kier alpha value is -1.66. The van der Waals surface area contributed by atoms with Gasteiger partial charge in [-0.1, -0.05) is 11.6 Å². The summed E-state index contributed by atoms with van der Waals surface area (Å²) in [6.07, 6.45) is 0. The molecule has 0 atom stereocenters. The van der Waals surface area contributed by atoms with Crippen LogP contribution in [-0.4, -0.2) is 10.9 Å². The highest BCUT2D eigenvalue weighted by molar-refractivity contribution is 9.10. The standard InChI is InChI=1S/C12H7BrClFN2O2/c13-10-4-3-9(12(19)17-10)16-11(18)7-2-1-6(14)5-8(7)15/h1-5H,(H,16,18)(H,17,19). The number of anilines is 1. The number of hydrogen-bond donors (Lipinski definition) is 2. The van der Waals surface area contributed by atoms with E-state index in [1.54, 1.807) is 6.07 Å². The van der Waals surface area contributed by atoms with E-state index < -0.39 is 17.3 Å². The third-order valence-electron chi connectivity index (χ3n) is 2.30. The summed E-state index contributed by atoms with van der Waals surface area (Å²) in [5.74, 6) is -1.47. The molecule has 0 radical (unpaired) electrons. The predicted molar refractivity (Wildman–Crippen MR) is 74.1 cm³/mol. The van der Waals surface area contributed by atoms with Crippen molar-refractivity contribution in [3.63, 3.8) is 0 Å². The van der Waals surface area contributed by atoms with Crippen molar-refractivity contribution in [3.8, 4) is 0 Å².